The van der Waals surface area contributed by atoms with Crippen molar-refractivity contribution in [3.05, 3.63) is 45.6 Å². The first-order valence-electron chi connectivity index (χ1n) is 6.65. The van der Waals surface area contributed by atoms with Crippen molar-refractivity contribution in [2.75, 3.05) is 6.79 Å². The zero-order valence-corrected chi connectivity index (χ0v) is 12.3. The van der Waals surface area contributed by atoms with E-state index in [0.717, 1.165) is 11.3 Å². The Morgan fingerprint density at radius 2 is 2.14 bits per heavy atom. The Bertz CT molecular complexity index is 729. The van der Waals surface area contributed by atoms with Crippen LogP contribution in [0.4, 0.5) is 0 Å². The van der Waals surface area contributed by atoms with Gasteiger partial charge in [0.25, 0.3) is 0 Å². The van der Waals surface area contributed by atoms with Gasteiger partial charge in [0.05, 0.1) is 10.9 Å². The number of Topliss-reactive ketones (excluding diaryl/α,β-unsaturated/α-hetero) is 1. The molecule has 1 aliphatic heterocycles. The third-order valence-electron chi connectivity index (χ3n) is 3.37. The van der Waals surface area contributed by atoms with Crippen LogP contribution in [0.25, 0.3) is 0 Å². The summed E-state index contributed by atoms with van der Waals surface area (Å²) in [6.07, 6.45) is 0.888. The van der Waals surface area contributed by atoms with Gasteiger partial charge in [0.2, 0.25) is 6.79 Å². The number of rotatable bonds is 4. The van der Waals surface area contributed by atoms with Crippen LogP contribution in [0.15, 0.2) is 30.3 Å². The maximum Gasteiger partial charge on any atom is 0.231 e. The van der Waals surface area contributed by atoms with Gasteiger partial charge in [-0.2, -0.15) is 5.26 Å². The first-order chi connectivity index (χ1) is 10.2. The monoisotopic (exact) mass is 299 g/mol. The Morgan fingerprint density at radius 1 is 1.33 bits per heavy atom. The third-order valence-corrected chi connectivity index (χ3v) is 4.62. The molecule has 0 N–H and O–H groups in total. The molecule has 0 bridgehead atoms. The molecule has 2 heterocycles. The molecule has 0 spiro atoms. The van der Waals surface area contributed by atoms with E-state index in [1.54, 1.807) is 24.3 Å². The Balaban J connectivity index is 1.91. The topological polar surface area (TPSA) is 59.3 Å². The van der Waals surface area contributed by atoms with Crippen LogP contribution in [-0.2, 0) is 6.42 Å². The molecular weight excluding hydrogens is 286 g/mol. The van der Waals surface area contributed by atoms with Gasteiger partial charge in [-0.1, -0.05) is 13.0 Å². The summed E-state index contributed by atoms with van der Waals surface area (Å²) in [4.78, 5) is 14.3. The second kappa shape index (κ2) is 5.58. The fraction of sp³-hybridized carbons (Fsp3) is 0.250. The fourth-order valence-electron chi connectivity index (χ4n) is 2.22. The molecule has 0 saturated heterocycles. The summed E-state index contributed by atoms with van der Waals surface area (Å²) in [5.41, 5.74) is 0.637. The van der Waals surface area contributed by atoms with E-state index in [1.807, 2.05) is 13.0 Å². The lowest BCUT2D eigenvalue weighted by atomic mass is 9.95. The van der Waals surface area contributed by atoms with E-state index >= 15 is 0 Å². The molecule has 0 radical (unpaired) electrons. The maximum absolute atomic E-state index is 12.5. The Labute approximate surface area is 126 Å². The van der Waals surface area contributed by atoms with Gasteiger partial charge in [0.15, 0.2) is 17.3 Å². The average Bonchev–Trinajstić information content (AvgIpc) is 3.16. The van der Waals surface area contributed by atoms with Crippen molar-refractivity contribution in [3.8, 4) is 17.6 Å². The second-order valence-corrected chi connectivity index (χ2v) is 5.83. The van der Waals surface area contributed by atoms with Gasteiger partial charge in [-0.05, 0) is 36.2 Å². The molecule has 5 heteroatoms. The van der Waals surface area contributed by atoms with Crippen LogP contribution in [0.1, 0.15) is 33.0 Å². The third kappa shape index (κ3) is 2.50. The number of fused-ring (bicyclic) bond motifs is 1. The van der Waals surface area contributed by atoms with Crippen molar-refractivity contribution in [2.24, 2.45) is 0 Å². The van der Waals surface area contributed by atoms with Crippen LogP contribution in [0.2, 0.25) is 0 Å². The highest BCUT2D eigenvalue weighted by Gasteiger charge is 2.25. The number of thiophene rings is 1. The smallest absolute Gasteiger partial charge is 0.231 e. The van der Waals surface area contributed by atoms with Crippen LogP contribution in [0, 0.1) is 11.3 Å². The number of aryl methyl sites for hydroxylation is 1. The molecule has 0 fully saturated rings. The van der Waals surface area contributed by atoms with Crippen LogP contribution >= 0.6 is 11.3 Å². The Morgan fingerprint density at radius 3 is 2.86 bits per heavy atom. The van der Waals surface area contributed by atoms with Crippen LogP contribution in [0.3, 0.4) is 0 Å². The lowest BCUT2D eigenvalue weighted by Crippen LogP contribution is -2.09. The molecule has 0 saturated carbocycles. The van der Waals surface area contributed by atoms with Gasteiger partial charge < -0.3 is 9.47 Å². The minimum atomic E-state index is -0.817. The molecule has 1 aromatic heterocycles. The van der Waals surface area contributed by atoms with Crippen LogP contribution in [0.5, 0.6) is 11.5 Å². The highest BCUT2D eigenvalue weighted by molar-refractivity contribution is 7.14. The Kier molecular flexibility index (Phi) is 3.63. The average molecular weight is 299 g/mol. The summed E-state index contributed by atoms with van der Waals surface area (Å²) < 4.78 is 10.5. The minimum Gasteiger partial charge on any atom is -0.454 e. The molecule has 106 valence electrons. The molecule has 1 atom stereocenters. The van der Waals surface area contributed by atoms with Gasteiger partial charge in [0, 0.05) is 4.88 Å². The lowest BCUT2D eigenvalue weighted by Gasteiger charge is -2.08. The van der Waals surface area contributed by atoms with Crippen LogP contribution < -0.4 is 9.47 Å². The first kappa shape index (κ1) is 13.7. The number of hydrogen-bond acceptors (Lipinski definition) is 5. The lowest BCUT2D eigenvalue weighted by molar-refractivity contribution is 0.0983. The molecule has 3 rings (SSSR count). The van der Waals surface area contributed by atoms with Crippen molar-refractivity contribution < 1.29 is 14.3 Å². The number of ketones is 1. The number of benzene rings is 1. The van der Waals surface area contributed by atoms with Gasteiger partial charge in [0.1, 0.15) is 5.92 Å². The molecule has 2 aromatic rings. The molecule has 1 unspecified atom stereocenters. The fourth-order valence-corrected chi connectivity index (χ4v) is 3.14. The van der Waals surface area contributed by atoms with E-state index in [9.17, 15) is 10.1 Å². The van der Waals surface area contributed by atoms with Gasteiger partial charge >= 0.3 is 0 Å². The molecular formula is C16H13NO3S. The van der Waals surface area contributed by atoms with Crippen molar-refractivity contribution in [1.82, 2.24) is 0 Å². The molecule has 4 nitrogen and oxygen atoms in total. The number of hydrogen-bond donors (Lipinski definition) is 0. The van der Waals surface area contributed by atoms with Gasteiger partial charge in [-0.3, -0.25) is 4.79 Å². The number of nitriles is 1. The van der Waals surface area contributed by atoms with E-state index in [2.05, 4.69) is 6.07 Å². The summed E-state index contributed by atoms with van der Waals surface area (Å²) in [6, 6.07) is 11.0. The largest absolute Gasteiger partial charge is 0.454 e. The standard InChI is InChI=1S/C16H13NO3S/c1-2-11-4-6-15(21-11)16(18)12(8-17)10-3-5-13-14(7-10)20-9-19-13/h3-7,12H,2,9H2,1H3. The van der Waals surface area contributed by atoms with E-state index in [4.69, 9.17) is 9.47 Å². The highest BCUT2D eigenvalue weighted by Crippen LogP contribution is 2.35. The second-order valence-electron chi connectivity index (χ2n) is 4.66. The maximum atomic E-state index is 12.5. The summed E-state index contributed by atoms with van der Waals surface area (Å²) in [5, 5.41) is 9.39. The zero-order chi connectivity index (χ0) is 14.8. The normalized spacial score (nSPS) is 13.7. The van der Waals surface area contributed by atoms with Crippen molar-refractivity contribution >= 4 is 17.1 Å². The predicted molar refractivity (Wildman–Crippen MR) is 78.9 cm³/mol. The zero-order valence-electron chi connectivity index (χ0n) is 11.5. The van der Waals surface area contributed by atoms with Crippen LogP contribution in [-0.4, -0.2) is 12.6 Å². The van der Waals surface area contributed by atoms with Gasteiger partial charge in [-0.15, -0.1) is 11.3 Å². The minimum absolute atomic E-state index is 0.166. The summed E-state index contributed by atoms with van der Waals surface area (Å²) >= 11 is 1.45. The molecule has 1 aromatic carbocycles. The van der Waals surface area contributed by atoms with Crippen molar-refractivity contribution in [1.29, 1.82) is 5.26 Å². The summed E-state index contributed by atoms with van der Waals surface area (Å²) in [7, 11) is 0. The quantitative estimate of drug-likeness (QED) is 0.810. The molecule has 0 amide bonds. The van der Waals surface area contributed by atoms with E-state index < -0.39 is 5.92 Å². The molecule has 0 aliphatic carbocycles. The number of ether oxygens (including phenoxy) is 2. The SMILES string of the molecule is CCc1ccc(C(=O)C(C#N)c2ccc3c(c2)OCO3)s1. The number of nitrogens with zero attached hydrogens (tertiary/aromatic N) is 1. The summed E-state index contributed by atoms with van der Waals surface area (Å²) in [5.74, 6) is 0.247. The number of carbonyl (C=O) groups excluding carboxylic acids is 1. The summed E-state index contributed by atoms with van der Waals surface area (Å²) in [6.45, 7) is 2.22. The van der Waals surface area contributed by atoms with E-state index in [-0.39, 0.29) is 12.6 Å². The highest BCUT2D eigenvalue weighted by atomic mass is 32.1. The molecule has 1 aliphatic rings. The van der Waals surface area contributed by atoms with Crippen molar-refractivity contribution in [3.63, 3.8) is 0 Å². The predicted octanol–water partition coefficient (Wildman–Crippen LogP) is 3.53. The van der Waals surface area contributed by atoms with Gasteiger partial charge in [-0.25, -0.2) is 0 Å². The van der Waals surface area contributed by atoms with E-state index in [0.29, 0.717) is 21.9 Å². The first-order valence-corrected chi connectivity index (χ1v) is 7.46. The van der Waals surface area contributed by atoms with Crippen molar-refractivity contribution in [2.45, 2.75) is 19.3 Å². The molecule has 21 heavy (non-hydrogen) atoms. The van der Waals surface area contributed by atoms with E-state index in [1.165, 1.54) is 11.3 Å². The number of carbonyl (C=O) groups is 1. The Hall–Kier alpha value is -2.32.